The molecule has 0 spiro atoms. The predicted octanol–water partition coefficient (Wildman–Crippen LogP) is 9.36. The fourth-order valence-electron chi connectivity index (χ4n) is 7.86. The van der Waals surface area contributed by atoms with Gasteiger partial charge in [0.1, 0.15) is 0 Å². The van der Waals surface area contributed by atoms with Crippen molar-refractivity contribution in [3.05, 3.63) is 47.6 Å². The van der Waals surface area contributed by atoms with Crippen molar-refractivity contribution in [2.75, 3.05) is 6.54 Å². The van der Waals surface area contributed by atoms with Gasteiger partial charge in [-0.2, -0.15) is 0 Å². The first-order chi connectivity index (χ1) is 19.5. The third kappa shape index (κ3) is 9.53. The van der Waals surface area contributed by atoms with Crippen LogP contribution in [-0.4, -0.2) is 34.5 Å². The average Bonchev–Trinajstić information content (AvgIpc) is 3.40. The Hall–Kier alpha value is -1.94. The number of nitrogens with zero attached hydrogens (tertiary/aromatic N) is 1. The van der Waals surface area contributed by atoms with Crippen molar-refractivity contribution in [2.45, 2.75) is 139 Å². The molecule has 3 saturated carbocycles. The molecule has 42 heavy (non-hydrogen) atoms. The van der Waals surface area contributed by atoms with E-state index in [1.165, 1.54) is 79.6 Å². The lowest BCUT2D eigenvalue weighted by Crippen LogP contribution is -2.36. The zero-order valence-corrected chi connectivity index (χ0v) is 28.2. The van der Waals surface area contributed by atoms with Gasteiger partial charge < -0.3 is 5.11 Å². The Labute approximate surface area is 257 Å². The summed E-state index contributed by atoms with van der Waals surface area (Å²) in [6.45, 7) is 23.3. The normalized spacial score (nSPS) is 31.0. The summed E-state index contributed by atoms with van der Waals surface area (Å²) in [7, 11) is 0. The second kappa shape index (κ2) is 14.2. The Kier molecular flexibility index (Phi) is 11.7. The highest BCUT2D eigenvalue weighted by atomic mass is 16.3. The number of carbonyl (C=O) groups excluding carboxylic acids is 2. The number of aliphatic hydroxyl groups excluding tert-OH is 1. The summed E-state index contributed by atoms with van der Waals surface area (Å²) in [4.78, 5) is 23.5. The summed E-state index contributed by atoms with van der Waals surface area (Å²) in [5, 5.41) is 10.0. The molecule has 4 heteroatoms. The largest absolute Gasteiger partial charge is 0.393 e. The van der Waals surface area contributed by atoms with Gasteiger partial charge in [0.25, 0.3) is 11.8 Å². The number of hydrogen-bond acceptors (Lipinski definition) is 3. The molecule has 0 radical (unpaired) electrons. The van der Waals surface area contributed by atoms with Crippen LogP contribution in [0.25, 0.3) is 0 Å². The third-order valence-electron chi connectivity index (χ3n) is 10.5. The minimum Gasteiger partial charge on any atom is -0.393 e. The minimum absolute atomic E-state index is 0.156. The van der Waals surface area contributed by atoms with Gasteiger partial charge in [-0.3, -0.25) is 14.5 Å². The number of carbonyl (C=O) groups is 2. The summed E-state index contributed by atoms with van der Waals surface area (Å²) in [5.41, 5.74) is 5.32. The van der Waals surface area contributed by atoms with Gasteiger partial charge >= 0.3 is 0 Å². The molecule has 5 atom stereocenters. The Morgan fingerprint density at radius 1 is 1.00 bits per heavy atom. The fraction of sp³-hybridized carbons (Fsp3) is 0.737. The molecule has 0 saturated heterocycles. The SMILES string of the molecule is C=C1CC[C@H](O)C/C1=C/C=C1\CCC[C@]2(C)[C@@H]([C@H](C)CCCC(C)(C)C)CC[C@@H]12.CC(C)(C)CCN1C(=O)C=CC1=O. The van der Waals surface area contributed by atoms with Crippen molar-refractivity contribution in [3.63, 3.8) is 0 Å². The number of hydrogen-bond donors (Lipinski definition) is 1. The molecule has 1 N–H and O–H groups in total. The fourth-order valence-corrected chi connectivity index (χ4v) is 7.86. The van der Waals surface area contributed by atoms with E-state index in [1.807, 2.05) is 0 Å². The van der Waals surface area contributed by atoms with E-state index in [1.54, 1.807) is 5.57 Å². The van der Waals surface area contributed by atoms with Gasteiger partial charge in [-0.05, 0) is 104 Å². The molecule has 0 aromatic rings. The molecule has 2 amide bonds. The van der Waals surface area contributed by atoms with Crippen LogP contribution in [0, 0.1) is 34.0 Å². The third-order valence-corrected chi connectivity index (χ3v) is 10.5. The van der Waals surface area contributed by atoms with Crippen LogP contribution in [-0.2, 0) is 9.59 Å². The Morgan fingerprint density at radius 3 is 2.26 bits per heavy atom. The van der Waals surface area contributed by atoms with Crippen molar-refractivity contribution in [3.8, 4) is 0 Å². The summed E-state index contributed by atoms with van der Waals surface area (Å²) >= 11 is 0. The van der Waals surface area contributed by atoms with Crippen LogP contribution in [0.5, 0.6) is 0 Å². The highest BCUT2D eigenvalue weighted by molar-refractivity contribution is 6.12. The van der Waals surface area contributed by atoms with Gasteiger partial charge in [0.05, 0.1) is 6.10 Å². The van der Waals surface area contributed by atoms with E-state index in [9.17, 15) is 14.7 Å². The van der Waals surface area contributed by atoms with E-state index in [-0.39, 0.29) is 23.3 Å². The number of fused-ring (bicyclic) bond motifs is 1. The van der Waals surface area contributed by atoms with Crippen LogP contribution >= 0.6 is 0 Å². The molecule has 1 aliphatic heterocycles. The first-order valence-electron chi connectivity index (χ1n) is 16.8. The maximum atomic E-state index is 11.1. The first-order valence-corrected chi connectivity index (χ1v) is 16.8. The van der Waals surface area contributed by atoms with Crippen LogP contribution in [0.15, 0.2) is 47.6 Å². The molecule has 0 bridgehead atoms. The number of amides is 2. The lowest BCUT2D eigenvalue weighted by molar-refractivity contribution is -0.137. The van der Waals surface area contributed by atoms with Crippen molar-refractivity contribution in [1.29, 1.82) is 0 Å². The molecular weight excluding hydrogens is 518 g/mol. The molecule has 0 unspecified atom stereocenters. The summed E-state index contributed by atoms with van der Waals surface area (Å²) in [5.74, 6) is 2.13. The van der Waals surface area contributed by atoms with Crippen molar-refractivity contribution < 1.29 is 14.7 Å². The predicted molar refractivity (Wildman–Crippen MR) is 176 cm³/mol. The topological polar surface area (TPSA) is 57.6 Å². The van der Waals surface area contributed by atoms with E-state index in [0.717, 1.165) is 43.4 Å². The molecule has 4 nitrogen and oxygen atoms in total. The summed E-state index contributed by atoms with van der Waals surface area (Å²) in [6.07, 6.45) is 21.6. The van der Waals surface area contributed by atoms with Gasteiger partial charge in [0.15, 0.2) is 0 Å². The molecule has 0 aromatic carbocycles. The van der Waals surface area contributed by atoms with Crippen LogP contribution in [0.2, 0.25) is 0 Å². The summed E-state index contributed by atoms with van der Waals surface area (Å²) < 4.78 is 0. The zero-order valence-electron chi connectivity index (χ0n) is 28.2. The Morgan fingerprint density at radius 2 is 1.64 bits per heavy atom. The standard InChI is InChI=1S/C28H46O.C10H15NO2/c1-20-11-14-24(29)19-23(20)13-12-22-10-8-18-28(6)25(15-16-26(22)28)21(2)9-7-17-27(3,4)5;1-10(2,3)6-7-11-8(12)4-5-9(11)13/h12-13,21,24-26,29H,1,7-11,14-19H2,2-6H3;4-5H,6-7H2,1-3H3/b22-12+,23-13-;/t21-,24+,25-,26+,28-;/m1./s1. The van der Waals surface area contributed by atoms with Crippen LogP contribution in [0.3, 0.4) is 0 Å². The highest BCUT2D eigenvalue weighted by Gasteiger charge is 2.50. The second-order valence-electron chi connectivity index (χ2n) is 16.4. The monoisotopic (exact) mass is 579 g/mol. The molecule has 3 aliphatic carbocycles. The van der Waals surface area contributed by atoms with Gasteiger partial charge in [-0.1, -0.05) is 98.1 Å². The van der Waals surface area contributed by atoms with E-state index in [0.29, 0.717) is 17.4 Å². The number of imide groups is 1. The molecule has 1 heterocycles. The maximum Gasteiger partial charge on any atom is 0.253 e. The summed E-state index contributed by atoms with van der Waals surface area (Å²) in [6, 6.07) is 0. The highest BCUT2D eigenvalue weighted by Crippen LogP contribution is 2.60. The van der Waals surface area contributed by atoms with Crippen molar-refractivity contribution >= 4 is 11.8 Å². The van der Waals surface area contributed by atoms with Gasteiger partial charge in [-0.15, -0.1) is 0 Å². The van der Waals surface area contributed by atoms with E-state index < -0.39 is 0 Å². The van der Waals surface area contributed by atoms with E-state index >= 15 is 0 Å². The van der Waals surface area contributed by atoms with Crippen molar-refractivity contribution in [2.24, 2.45) is 34.0 Å². The Bertz CT molecular complexity index is 1050. The maximum absolute atomic E-state index is 11.1. The molecule has 3 fully saturated rings. The molecule has 4 rings (SSSR count). The van der Waals surface area contributed by atoms with Crippen LogP contribution in [0.1, 0.15) is 132 Å². The van der Waals surface area contributed by atoms with E-state index in [4.69, 9.17) is 0 Å². The van der Waals surface area contributed by atoms with Gasteiger partial charge in [-0.25, -0.2) is 0 Å². The first kappa shape index (κ1) is 34.5. The number of rotatable bonds is 7. The van der Waals surface area contributed by atoms with Crippen LogP contribution in [0.4, 0.5) is 0 Å². The average molecular weight is 580 g/mol. The quantitative estimate of drug-likeness (QED) is 0.306. The van der Waals surface area contributed by atoms with E-state index in [2.05, 4.69) is 74.1 Å². The molecule has 4 aliphatic rings. The molecular formula is C38H61NO3. The lowest BCUT2D eigenvalue weighted by atomic mass is 9.60. The van der Waals surface area contributed by atoms with Crippen molar-refractivity contribution in [1.82, 2.24) is 4.90 Å². The molecule has 0 aromatic heterocycles. The zero-order chi connectivity index (χ0) is 31.3. The second-order valence-corrected chi connectivity index (χ2v) is 16.4. The lowest BCUT2D eigenvalue weighted by Gasteiger charge is -2.44. The van der Waals surface area contributed by atoms with Gasteiger partial charge in [0.2, 0.25) is 0 Å². The smallest absolute Gasteiger partial charge is 0.253 e. The van der Waals surface area contributed by atoms with Crippen LogP contribution < -0.4 is 0 Å². The minimum atomic E-state index is -0.186. The number of allylic oxidation sites excluding steroid dienone is 4. The van der Waals surface area contributed by atoms with Gasteiger partial charge in [0, 0.05) is 18.7 Å². The number of aliphatic hydroxyl groups is 1. The Balaban J connectivity index is 0.000000312. The molecule has 236 valence electrons.